The van der Waals surface area contributed by atoms with Crippen LogP contribution in [0.2, 0.25) is 0 Å². The highest BCUT2D eigenvalue weighted by molar-refractivity contribution is 8.54. The van der Waals surface area contributed by atoms with Crippen molar-refractivity contribution < 1.29 is 64.8 Å². The third-order valence-electron chi connectivity index (χ3n) is 14.9. The molecule has 1 amide bonds. The number of phosphoric acid groups is 1. The first kappa shape index (κ1) is 62.2. The standard InChI is InChI=1S/C53H74F2N10O13P2S/c1-5-6-7-8-9-10-11-12-13-14-15-16-17-18-36(66)24-37(32(2)3)50(68)63-33(4)38(67)23-34-19-21-35(22-20-34)27-81-80(72)74-26-40-45(41(54)52(76-40)64-30-61-43-47(56)57-28-58-48(43)64)77-79(70,71)73-25-39-46(78-80)42(55)53(75-39)65-31-62-44-49(65)59-29-60-51(44)69/h19-22,28-33,37,39-42,45-46,52-53H,5-18,23-27H2,1-4H3,(H,63,68)(H,70,71)(H2,56,57,58)(H,59,60,69)/t33-,37-,39+,40+,41+,42+,45+,46+,52+,53+,80?/m0/s1. The number of hydrogen-bond acceptors (Lipinski definition) is 19. The van der Waals surface area contributed by atoms with Crippen LogP contribution in [-0.4, -0.2) is 117 Å². The van der Waals surface area contributed by atoms with Gasteiger partial charge in [0, 0.05) is 30.9 Å². The van der Waals surface area contributed by atoms with Gasteiger partial charge in [-0.05, 0) is 41.8 Å². The second kappa shape index (κ2) is 28.6. The van der Waals surface area contributed by atoms with Gasteiger partial charge in [0.25, 0.3) is 5.56 Å². The number of imidazole rings is 2. The minimum absolute atomic E-state index is 0.0110. The number of nitrogens with two attached hydrogens (primary N) is 1. The maximum Gasteiger partial charge on any atom is 0.472 e. The number of Topliss-reactive ketones (excluding diaryl/α,β-unsaturated/α-hetero) is 2. The molecular formula is C53H74F2N10O13P2S. The third kappa shape index (κ3) is 16.1. The Kier molecular flexibility index (Phi) is 22.0. The van der Waals surface area contributed by atoms with Crippen LogP contribution in [0.1, 0.15) is 148 Å². The van der Waals surface area contributed by atoms with Gasteiger partial charge in [-0.3, -0.25) is 46.4 Å². The summed E-state index contributed by atoms with van der Waals surface area (Å²) in [7, 11) is -5.24. The molecule has 5 N–H and O–H groups in total. The van der Waals surface area contributed by atoms with Crippen LogP contribution in [0.15, 0.2) is 54.4 Å². The molecule has 0 aliphatic carbocycles. The van der Waals surface area contributed by atoms with E-state index < -0.39 is 94.6 Å². The number of aromatic amines is 1. The summed E-state index contributed by atoms with van der Waals surface area (Å²) in [5.41, 5.74) is 6.45. The monoisotopic (exact) mass is 1190 g/mol. The quantitative estimate of drug-likeness (QED) is 0.0281. The van der Waals surface area contributed by atoms with Crippen LogP contribution in [0, 0.1) is 11.8 Å². The molecule has 0 bridgehead atoms. The van der Waals surface area contributed by atoms with Crippen molar-refractivity contribution in [3.05, 3.63) is 71.1 Å². The number of carbonyl (C=O) groups is 3. The lowest BCUT2D eigenvalue weighted by Crippen LogP contribution is -2.44. The van der Waals surface area contributed by atoms with E-state index in [0.29, 0.717) is 28.9 Å². The molecule has 0 radical (unpaired) electrons. The van der Waals surface area contributed by atoms with Crippen LogP contribution in [0.25, 0.3) is 22.3 Å². The number of rotatable bonds is 27. The molecule has 3 fully saturated rings. The summed E-state index contributed by atoms with van der Waals surface area (Å²) in [5, 5.41) is 2.83. The summed E-state index contributed by atoms with van der Waals surface area (Å²) >= 11 is 0.639. The zero-order chi connectivity index (χ0) is 57.8. The molecule has 2 unspecified atom stereocenters. The number of aromatic nitrogens is 8. The maximum absolute atomic E-state index is 16.9. The van der Waals surface area contributed by atoms with Crippen LogP contribution < -0.4 is 16.6 Å². The van der Waals surface area contributed by atoms with Crippen molar-refractivity contribution in [2.24, 2.45) is 11.8 Å². The molecular weight excluding hydrogens is 1120 g/mol. The fourth-order valence-corrected chi connectivity index (χ4v) is 14.5. The van der Waals surface area contributed by atoms with E-state index in [1.807, 2.05) is 13.8 Å². The van der Waals surface area contributed by atoms with E-state index in [2.05, 4.69) is 42.1 Å². The van der Waals surface area contributed by atoms with Gasteiger partial charge in [-0.15, -0.1) is 0 Å². The van der Waals surface area contributed by atoms with Crippen molar-refractivity contribution in [1.82, 2.24) is 44.4 Å². The van der Waals surface area contributed by atoms with Crippen LogP contribution in [0.4, 0.5) is 14.6 Å². The highest BCUT2D eigenvalue weighted by Crippen LogP contribution is 2.65. The molecule has 1 aromatic carbocycles. The Bertz CT molecular complexity index is 3080. The minimum atomic E-state index is -5.24. The van der Waals surface area contributed by atoms with Gasteiger partial charge in [0.2, 0.25) is 5.91 Å². The molecule has 444 valence electrons. The number of H-pyrrole nitrogens is 1. The summed E-state index contributed by atoms with van der Waals surface area (Å²) in [4.78, 5) is 86.2. The van der Waals surface area contributed by atoms with E-state index in [-0.39, 0.29) is 70.1 Å². The van der Waals surface area contributed by atoms with E-state index >= 15 is 13.3 Å². The number of phosphoric ester groups is 1. The van der Waals surface area contributed by atoms with Crippen molar-refractivity contribution >= 4 is 71.6 Å². The third-order valence-corrected chi connectivity index (χ3v) is 19.6. The number of carbonyl (C=O) groups excluding carboxylic acids is 3. The molecule has 0 saturated carbocycles. The van der Waals surface area contributed by atoms with Crippen LogP contribution in [0.5, 0.6) is 0 Å². The molecule has 12 atom stereocenters. The SMILES string of the molecule is CCCCCCCCCCCCCCCC(=O)C[C@H](C(=O)N[C@@H](C)C(=O)Cc1ccc(CSP2(=O)OC[C@H]3O[C@@H](n4cnc5c(N)ncnc54)[C@H](F)[C@@H]3OP(=O)(O)OC[C@H]3O[C@@H](n4cnc5c(=O)[nH]cnc54)[C@H](F)[C@@H]3O2)cc1)C(C)C. The number of benzene rings is 1. The minimum Gasteiger partial charge on any atom is -0.382 e. The molecule has 28 heteroatoms. The van der Waals surface area contributed by atoms with Gasteiger partial charge in [-0.1, -0.05) is 122 Å². The van der Waals surface area contributed by atoms with Gasteiger partial charge in [0.15, 0.2) is 53.2 Å². The molecule has 3 saturated heterocycles. The molecule has 3 aliphatic rings. The Balaban J connectivity index is 0.887. The van der Waals surface area contributed by atoms with Crippen LogP contribution in [-0.2, 0) is 63.3 Å². The first-order chi connectivity index (χ1) is 38.8. The predicted octanol–water partition coefficient (Wildman–Crippen LogP) is 9.30. The topological polar surface area (TPSA) is 306 Å². The normalized spacial score (nSPS) is 26.9. The summed E-state index contributed by atoms with van der Waals surface area (Å²) in [6, 6.07) is 5.87. The highest BCUT2D eigenvalue weighted by Gasteiger charge is 2.55. The second-order valence-corrected chi connectivity index (χ2v) is 26.8. The number of nitrogens with zero attached hydrogens (tertiary/aromatic N) is 7. The first-order valence-electron chi connectivity index (χ1n) is 27.9. The fraction of sp³-hybridized carbons (Fsp3) is 0.642. The number of amides is 1. The van der Waals surface area contributed by atoms with Gasteiger partial charge in [-0.25, -0.2) is 42.8 Å². The van der Waals surface area contributed by atoms with Crippen molar-refractivity contribution in [2.45, 2.75) is 191 Å². The first-order valence-corrected chi connectivity index (χ1v) is 32.6. The Morgan fingerprint density at radius 3 is 1.95 bits per heavy atom. The number of anilines is 1. The molecule has 81 heavy (non-hydrogen) atoms. The molecule has 23 nitrogen and oxygen atoms in total. The van der Waals surface area contributed by atoms with Gasteiger partial charge in [-0.2, -0.15) is 0 Å². The molecule has 5 aromatic rings. The zero-order valence-corrected chi connectivity index (χ0v) is 48.6. The summed E-state index contributed by atoms with van der Waals surface area (Å²) in [5.74, 6) is -1.38. The Morgan fingerprint density at radius 1 is 0.778 bits per heavy atom. The molecule has 0 spiro atoms. The van der Waals surface area contributed by atoms with Crippen LogP contribution >= 0.6 is 26.0 Å². The number of hydrogen-bond donors (Lipinski definition) is 4. The lowest BCUT2D eigenvalue weighted by Gasteiger charge is -2.29. The lowest BCUT2D eigenvalue weighted by molar-refractivity contribution is -0.133. The summed E-state index contributed by atoms with van der Waals surface area (Å²) in [6.45, 7) is 1.27. The number of unbranched alkanes of at least 4 members (excludes halogenated alkanes) is 12. The van der Waals surface area contributed by atoms with E-state index in [0.717, 1.165) is 42.8 Å². The van der Waals surface area contributed by atoms with E-state index in [9.17, 15) is 28.6 Å². The van der Waals surface area contributed by atoms with Gasteiger partial charge >= 0.3 is 14.6 Å². The predicted molar refractivity (Wildman–Crippen MR) is 297 cm³/mol. The largest absolute Gasteiger partial charge is 0.472 e. The van der Waals surface area contributed by atoms with Crippen molar-refractivity contribution in [2.75, 3.05) is 18.9 Å². The van der Waals surface area contributed by atoms with E-state index in [1.165, 1.54) is 75.1 Å². The Labute approximate surface area is 472 Å². The molecule has 3 aliphatic heterocycles. The van der Waals surface area contributed by atoms with E-state index in [1.54, 1.807) is 31.2 Å². The van der Waals surface area contributed by atoms with E-state index in [4.69, 9.17) is 33.3 Å². The molecule has 7 heterocycles. The summed E-state index contributed by atoms with van der Waals surface area (Å²) in [6.07, 6.45) is 6.09. The van der Waals surface area contributed by atoms with Crippen molar-refractivity contribution in [1.29, 1.82) is 0 Å². The Morgan fingerprint density at radius 2 is 1.33 bits per heavy atom. The summed E-state index contributed by atoms with van der Waals surface area (Å²) < 4.78 is 99.2. The molecule has 4 aromatic heterocycles. The second-order valence-electron chi connectivity index (χ2n) is 21.4. The number of alkyl halides is 2. The number of ketones is 2. The maximum atomic E-state index is 16.9. The number of fused-ring (bicyclic) bond motifs is 4. The van der Waals surface area contributed by atoms with Gasteiger partial charge < -0.3 is 30.4 Å². The smallest absolute Gasteiger partial charge is 0.382 e. The number of halogens is 2. The number of nitrogens with one attached hydrogen (secondary N) is 2. The average molecular weight is 1190 g/mol. The lowest BCUT2D eigenvalue weighted by atomic mass is 9.88. The zero-order valence-electron chi connectivity index (χ0n) is 46.0. The number of nitrogen functional groups attached to an aromatic ring is 1. The van der Waals surface area contributed by atoms with Gasteiger partial charge in [0.1, 0.15) is 42.0 Å². The fourth-order valence-electron chi connectivity index (χ4n) is 10.2. The Hall–Kier alpha value is -4.88. The highest BCUT2D eigenvalue weighted by atomic mass is 32.7. The average Bonchev–Trinajstić information content (AvgIpc) is 3.92. The van der Waals surface area contributed by atoms with Gasteiger partial charge in [0.05, 0.1) is 38.2 Å². The number of ether oxygens (including phenoxy) is 2. The van der Waals surface area contributed by atoms with Crippen molar-refractivity contribution in [3.63, 3.8) is 0 Å². The van der Waals surface area contributed by atoms with Crippen LogP contribution in [0.3, 0.4) is 0 Å². The molecule has 8 rings (SSSR count). The van der Waals surface area contributed by atoms with Crippen molar-refractivity contribution in [3.8, 4) is 0 Å².